The summed E-state index contributed by atoms with van der Waals surface area (Å²) in [5.74, 6) is -1.51. The van der Waals surface area contributed by atoms with Gasteiger partial charge < -0.3 is 15.0 Å². The number of hydrogen-bond donors (Lipinski definition) is 3. The molecule has 2 aliphatic rings. The van der Waals surface area contributed by atoms with E-state index in [0.29, 0.717) is 19.5 Å². The highest BCUT2D eigenvalue weighted by molar-refractivity contribution is 5.90. The average Bonchev–Trinajstić information content (AvgIpc) is 2.81. The van der Waals surface area contributed by atoms with E-state index in [1.54, 1.807) is 5.48 Å². The Hall–Kier alpha value is -1.71. The third-order valence-electron chi connectivity index (χ3n) is 6.71. The third kappa shape index (κ3) is 9.98. The molecule has 0 aromatic rings. The second-order valence-corrected chi connectivity index (χ2v) is 9.71. The minimum absolute atomic E-state index is 0.0391. The van der Waals surface area contributed by atoms with Crippen LogP contribution in [0.25, 0.3) is 0 Å². The van der Waals surface area contributed by atoms with Gasteiger partial charge in [0.25, 0.3) is 0 Å². The minimum atomic E-state index is -0.622. The maximum absolute atomic E-state index is 13.5. The Balaban J connectivity index is 2.07. The van der Waals surface area contributed by atoms with E-state index in [9.17, 15) is 14.4 Å². The summed E-state index contributed by atoms with van der Waals surface area (Å²) >= 11 is 0. The van der Waals surface area contributed by atoms with Crippen molar-refractivity contribution in [2.75, 3.05) is 45.9 Å². The summed E-state index contributed by atoms with van der Waals surface area (Å²) in [6.45, 7) is 9.58. The lowest BCUT2D eigenvalue weighted by Crippen LogP contribution is -2.53. The van der Waals surface area contributed by atoms with Crippen LogP contribution in [0.1, 0.15) is 71.6 Å². The first-order valence-electron chi connectivity index (χ1n) is 12.7. The molecule has 2 atom stereocenters. The third-order valence-corrected chi connectivity index (χ3v) is 6.71. The van der Waals surface area contributed by atoms with Crippen LogP contribution in [0.2, 0.25) is 0 Å². The molecule has 0 aliphatic carbocycles. The number of morpholine rings is 1. The maximum Gasteiger partial charge on any atom is 0.245 e. The van der Waals surface area contributed by atoms with Crippen molar-refractivity contribution in [1.82, 2.24) is 20.6 Å². The highest BCUT2D eigenvalue weighted by Crippen LogP contribution is 2.19. The Morgan fingerprint density at radius 2 is 1.73 bits per heavy atom. The zero-order valence-electron chi connectivity index (χ0n) is 20.5. The van der Waals surface area contributed by atoms with E-state index in [4.69, 9.17) is 9.94 Å². The predicted octanol–water partition coefficient (Wildman–Crippen LogP) is 1.93. The number of carbonyl (C=O) groups excluding carboxylic acids is 3. The molecule has 0 radical (unpaired) electrons. The van der Waals surface area contributed by atoms with Crippen LogP contribution in [0, 0.1) is 11.8 Å². The van der Waals surface area contributed by atoms with Crippen LogP contribution in [0.5, 0.6) is 0 Å². The van der Waals surface area contributed by atoms with E-state index >= 15 is 0 Å². The Bertz CT molecular complexity index is 610. The lowest BCUT2D eigenvalue weighted by molar-refractivity contribution is -0.140. The SMILES string of the molecule is CC(C)[C@@H]1NC(=O)[C@@H](CC(=O)NO)CCCCCCCCN(CCCN2CCOCC2)C1=O. The second-order valence-electron chi connectivity index (χ2n) is 9.71. The number of carbonyl (C=O) groups is 3. The molecule has 0 saturated carbocycles. The first kappa shape index (κ1) is 27.5. The van der Waals surface area contributed by atoms with Gasteiger partial charge in [-0.15, -0.1) is 0 Å². The molecule has 0 unspecified atom stereocenters. The smallest absolute Gasteiger partial charge is 0.245 e. The molecule has 9 nitrogen and oxygen atoms in total. The second kappa shape index (κ2) is 15.2. The zero-order chi connectivity index (χ0) is 24.1. The largest absolute Gasteiger partial charge is 0.379 e. The van der Waals surface area contributed by atoms with Crippen molar-refractivity contribution in [3.05, 3.63) is 0 Å². The van der Waals surface area contributed by atoms with Gasteiger partial charge in [0.1, 0.15) is 6.04 Å². The summed E-state index contributed by atoms with van der Waals surface area (Å²) in [5, 5.41) is 11.9. The quantitative estimate of drug-likeness (QED) is 0.389. The van der Waals surface area contributed by atoms with Gasteiger partial charge in [0.05, 0.1) is 13.2 Å². The van der Waals surface area contributed by atoms with Gasteiger partial charge in [0, 0.05) is 45.1 Å². The first-order valence-corrected chi connectivity index (χ1v) is 12.7. The van der Waals surface area contributed by atoms with E-state index in [2.05, 4.69) is 10.2 Å². The number of rotatable bonds is 7. The molecule has 2 saturated heterocycles. The van der Waals surface area contributed by atoms with Crippen LogP contribution in [-0.4, -0.2) is 84.7 Å². The van der Waals surface area contributed by atoms with E-state index in [-0.39, 0.29) is 24.2 Å². The average molecular weight is 469 g/mol. The number of nitrogens with one attached hydrogen (secondary N) is 2. The van der Waals surface area contributed by atoms with Gasteiger partial charge >= 0.3 is 0 Å². The van der Waals surface area contributed by atoms with Gasteiger partial charge in [0.2, 0.25) is 17.7 Å². The van der Waals surface area contributed by atoms with E-state index < -0.39 is 17.9 Å². The van der Waals surface area contributed by atoms with Crippen LogP contribution >= 0.6 is 0 Å². The predicted molar refractivity (Wildman–Crippen MR) is 126 cm³/mol. The Labute approximate surface area is 198 Å². The highest BCUT2D eigenvalue weighted by atomic mass is 16.5. The van der Waals surface area contributed by atoms with Crippen molar-refractivity contribution >= 4 is 17.7 Å². The molecule has 0 aromatic heterocycles. The highest BCUT2D eigenvalue weighted by Gasteiger charge is 2.31. The van der Waals surface area contributed by atoms with Crippen LogP contribution in [0.4, 0.5) is 0 Å². The lowest BCUT2D eigenvalue weighted by atomic mass is 9.94. The van der Waals surface area contributed by atoms with Crippen LogP contribution in [-0.2, 0) is 19.1 Å². The van der Waals surface area contributed by atoms with Crippen LogP contribution < -0.4 is 10.8 Å². The van der Waals surface area contributed by atoms with Gasteiger partial charge in [-0.05, 0) is 25.2 Å². The molecule has 190 valence electrons. The fraction of sp³-hybridized carbons (Fsp3) is 0.875. The number of hydroxylamine groups is 1. The van der Waals surface area contributed by atoms with Gasteiger partial charge in [0.15, 0.2) is 0 Å². The number of ether oxygens (including phenoxy) is 1. The summed E-state index contributed by atoms with van der Waals surface area (Å²) < 4.78 is 5.42. The van der Waals surface area contributed by atoms with Gasteiger partial charge in [-0.2, -0.15) is 0 Å². The molecule has 33 heavy (non-hydrogen) atoms. The van der Waals surface area contributed by atoms with Crippen molar-refractivity contribution in [1.29, 1.82) is 0 Å². The molecule has 0 spiro atoms. The van der Waals surface area contributed by atoms with Crippen molar-refractivity contribution < 1.29 is 24.3 Å². The molecular weight excluding hydrogens is 424 g/mol. The number of nitrogens with zero attached hydrogens (tertiary/aromatic N) is 2. The molecular formula is C24H44N4O5. The van der Waals surface area contributed by atoms with Crippen LogP contribution in [0.15, 0.2) is 0 Å². The van der Waals surface area contributed by atoms with E-state index in [1.165, 1.54) is 0 Å². The zero-order valence-corrected chi connectivity index (χ0v) is 20.5. The molecule has 3 amide bonds. The fourth-order valence-electron chi connectivity index (χ4n) is 4.62. The molecule has 0 bridgehead atoms. The Morgan fingerprint density at radius 3 is 2.39 bits per heavy atom. The summed E-state index contributed by atoms with van der Waals surface area (Å²) in [4.78, 5) is 42.6. The maximum atomic E-state index is 13.5. The van der Waals surface area contributed by atoms with E-state index in [1.807, 2.05) is 18.7 Å². The molecule has 3 N–H and O–H groups in total. The van der Waals surface area contributed by atoms with Gasteiger partial charge in [-0.25, -0.2) is 5.48 Å². The van der Waals surface area contributed by atoms with Gasteiger partial charge in [-0.3, -0.25) is 24.5 Å². The fourth-order valence-corrected chi connectivity index (χ4v) is 4.62. The molecule has 0 aromatic carbocycles. The summed E-state index contributed by atoms with van der Waals surface area (Å²) in [5.41, 5.74) is 1.63. The normalized spacial score (nSPS) is 24.9. The lowest BCUT2D eigenvalue weighted by Gasteiger charge is -2.32. The monoisotopic (exact) mass is 468 g/mol. The van der Waals surface area contributed by atoms with Crippen molar-refractivity contribution in [2.24, 2.45) is 11.8 Å². The molecule has 2 fully saturated rings. The molecule has 2 aliphatic heterocycles. The topological polar surface area (TPSA) is 111 Å². The van der Waals surface area contributed by atoms with Crippen molar-refractivity contribution in [3.8, 4) is 0 Å². The Kier molecular flexibility index (Phi) is 12.7. The molecule has 9 heteroatoms. The van der Waals surface area contributed by atoms with Gasteiger partial charge in [-0.1, -0.05) is 46.0 Å². The first-order chi connectivity index (χ1) is 15.9. The molecule has 2 heterocycles. The number of amides is 3. The Morgan fingerprint density at radius 1 is 1.06 bits per heavy atom. The summed E-state index contributed by atoms with van der Waals surface area (Å²) in [6.07, 6.45) is 7.50. The van der Waals surface area contributed by atoms with Crippen molar-refractivity contribution in [2.45, 2.75) is 77.7 Å². The minimum Gasteiger partial charge on any atom is -0.379 e. The summed E-state index contributed by atoms with van der Waals surface area (Å²) in [7, 11) is 0. The molecule has 2 rings (SSSR count). The van der Waals surface area contributed by atoms with Crippen molar-refractivity contribution in [3.63, 3.8) is 0 Å². The summed E-state index contributed by atoms with van der Waals surface area (Å²) in [6, 6.07) is -0.622. The number of hydrogen-bond acceptors (Lipinski definition) is 6. The van der Waals surface area contributed by atoms with E-state index in [0.717, 1.165) is 77.8 Å². The van der Waals surface area contributed by atoms with Crippen LogP contribution in [0.3, 0.4) is 0 Å². The standard InChI is InChI=1S/C24H44N4O5/c1-19(2)22-24(31)28(13-9-11-27-14-16-33-17-15-27)12-8-6-4-3-5-7-10-20(23(30)25-22)18-21(29)26-32/h19-20,22,32H,3-18H2,1-2H3,(H,25,30)(H,26,29)/t20-,22+/m1/s1.